The van der Waals surface area contributed by atoms with Gasteiger partial charge < -0.3 is 24.6 Å². The Morgan fingerprint density at radius 2 is 1.65 bits per heavy atom. The third-order valence-electron chi connectivity index (χ3n) is 5.77. The Morgan fingerprint density at radius 1 is 0.882 bits per heavy atom. The van der Waals surface area contributed by atoms with Gasteiger partial charge in [-0.15, -0.1) is 11.3 Å². The molecule has 0 aliphatic carbocycles. The first-order chi connectivity index (χ1) is 16.6. The van der Waals surface area contributed by atoms with Crippen molar-refractivity contribution in [2.24, 2.45) is 0 Å². The number of hydrogen-bond acceptors (Lipinski definition) is 6. The molecule has 1 N–H and O–H groups in total. The number of nitrogens with one attached hydrogen (secondary N) is 1. The Morgan fingerprint density at radius 3 is 2.41 bits per heavy atom. The highest BCUT2D eigenvalue weighted by Gasteiger charge is 2.33. The van der Waals surface area contributed by atoms with Crippen LogP contribution < -0.4 is 14.8 Å². The standard InChI is InChI=1S/C25H23N3O5S/c29-23(22-9-4-14-34-22)26-18-6-3-5-17(15-18)24(30)27-10-12-28(13-11-27)25(31)21-16-32-19-7-1-2-8-20(19)33-21/h1-9,14-15,21H,10-13,16H2,(H,26,29)/t21-/m0/s1. The molecule has 9 heteroatoms. The average Bonchev–Trinajstić information content (AvgIpc) is 3.43. The second-order valence-corrected chi connectivity index (χ2v) is 8.94. The number of para-hydroxylation sites is 2. The van der Waals surface area contributed by atoms with E-state index in [-0.39, 0.29) is 24.3 Å². The largest absolute Gasteiger partial charge is 0.485 e. The minimum atomic E-state index is -0.694. The van der Waals surface area contributed by atoms with Crippen molar-refractivity contribution < 1.29 is 23.9 Å². The Labute approximate surface area is 200 Å². The van der Waals surface area contributed by atoms with E-state index < -0.39 is 6.10 Å². The van der Waals surface area contributed by atoms with Crippen LogP contribution in [-0.4, -0.2) is 66.4 Å². The molecule has 0 spiro atoms. The van der Waals surface area contributed by atoms with E-state index in [4.69, 9.17) is 9.47 Å². The fraction of sp³-hybridized carbons (Fsp3) is 0.240. The highest BCUT2D eigenvalue weighted by molar-refractivity contribution is 7.12. The molecule has 1 fully saturated rings. The Hall–Kier alpha value is -3.85. The number of anilines is 1. The van der Waals surface area contributed by atoms with Gasteiger partial charge in [-0.2, -0.15) is 0 Å². The smallest absolute Gasteiger partial charge is 0.267 e. The number of piperazine rings is 1. The molecule has 1 atom stereocenters. The Balaban J connectivity index is 1.17. The fourth-order valence-electron chi connectivity index (χ4n) is 3.99. The number of hydrogen-bond donors (Lipinski definition) is 1. The lowest BCUT2D eigenvalue weighted by Crippen LogP contribution is -2.55. The molecule has 2 aliphatic rings. The maximum Gasteiger partial charge on any atom is 0.267 e. The summed E-state index contributed by atoms with van der Waals surface area (Å²) in [6, 6.07) is 17.7. The number of rotatable bonds is 4. The van der Waals surface area contributed by atoms with Crippen molar-refractivity contribution in [3.63, 3.8) is 0 Å². The first kappa shape index (κ1) is 22.0. The van der Waals surface area contributed by atoms with E-state index in [1.54, 1.807) is 46.2 Å². The normalized spacial score (nSPS) is 17.2. The topological polar surface area (TPSA) is 88.2 Å². The number of nitrogens with zero attached hydrogens (tertiary/aromatic N) is 2. The van der Waals surface area contributed by atoms with E-state index in [9.17, 15) is 14.4 Å². The van der Waals surface area contributed by atoms with E-state index in [2.05, 4.69) is 5.32 Å². The lowest BCUT2D eigenvalue weighted by atomic mass is 10.1. The molecule has 8 nitrogen and oxygen atoms in total. The second kappa shape index (κ2) is 9.56. The van der Waals surface area contributed by atoms with Crippen LogP contribution in [0.15, 0.2) is 66.0 Å². The lowest BCUT2D eigenvalue weighted by molar-refractivity contribution is -0.142. The lowest BCUT2D eigenvalue weighted by Gasteiger charge is -2.37. The molecular weight excluding hydrogens is 454 g/mol. The zero-order valence-electron chi connectivity index (χ0n) is 18.3. The highest BCUT2D eigenvalue weighted by Crippen LogP contribution is 2.31. The summed E-state index contributed by atoms with van der Waals surface area (Å²) in [5, 5.41) is 4.67. The van der Waals surface area contributed by atoms with Crippen LogP contribution in [0.1, 0.15) is 20.0 Å². The van der Waals surface area contributed by atoms with Crippen molar-refractivity contribution in [1.29, 1.82) is 0 Å². The van der Waals surface area contributed by atoms with Crippen molar-refractivity contribution in [3.05, 3.63) is 76.5 Å². The molecule has 0 unspecified atom stereocenters. The van der Waals surface area contributed by atoms with Crippen LogP contribution in [0.25, 0.3) is 0 Å². The van der Waals surface area contributed by atoms with Crippen LogP contribution in [-0.2, 0) is 4.79 Å². The summed E-state index contributed by atoms with van der Waals surface area (Å²) in [6.45, 7) is 1.84. The average molecular weight is 478 g/mol. The van der Waals surface area contributed by atoms with Gasteiger partial charge in [-0.05, 0) is 41.8 Å². The van der Waals surface area contributed by atoms with Gasteiger partial charge in [0.1, 0.15) is 6.61 Å². The van der Waals surface area contributed by atoms with E-state index >= 15 is 0 Å². The zero-order chi connectivity index (χ0) is 23.5. The predicted molar refractivity (Wildman–Crippen MR) is 128 cm³/mol. The van der Waals surface area contributed by atoms with Gasteiger partial charge in [0, 0.05) is 37.4 Å². The third-order valence-corrected chi connectivity index (χ3v) is 6.64. The number of carbonyl (C=O) groups is 3. The van der Waals surface area contributed by atoms with Crippen LogP contribution in [0.4, 0.5) is 5.69 Å². The molecule has 2 aromatic carbocycles. The minimum absolute atomic E-state index is 0.134. The predicted octanol–water partition coefficient (Wildman–Crippen LogP) is 3.12. The van der Waals surface area contributed by atoms with Crippen molar-refractivity contribution in [1.82, 2.24) is 9.80 Å². The summed E-state index contributed by atoms with van der Waals surface area (Å²) >= 11 is 1.36. The number of amides is 3. The van der Waals surface area contributed by atoms with Crippen LogP contribution >= 0.6 is 11.3 Å². The first-order valence-electron chi connectivity index (χ1n) is 11.0. The third kappa shape index (κ3) is 4.60. The second-order valence-electron chi connectivity index (χ2n) is 7.99. The van der Waals surface area contributed by atoms with E-state index in [1.165, 1.54) is 11.3 Å². The summed E-state index contributed by atoms with van der Waals surface area (Å²) in [5.41, 5.74) is 1.05. The summed E-state index contributed by atoms with van der Waals surface area (Å²) in [7, 11) is 0. The number of thiophene rings is 1. The molecule has 1 aromatic heterocycles. The number of ether oxygens (including phenoxy) is 2. The van der Waals surface area contributed by atoms with Crippen LogP contribution in [0, 0.1) is 0 Å². The van der Waals surface area contributed by atoms with Crippen molar-refractivity contribution in [2.45, 2.75) is 6.10 Å². The van der Waals surface area contributed by atoms with Crippen molar-refractivity contribution in [2.75, 3.05) is 38.1 Å². The van der Waals surface area contributed by atoms with Crippen molar-refractivity contribution >= 4 is 34.7 Å². The number of carbonyl (C=O) groups excluding carboxylic acids is 3. The van der Waals surface area contributed by atoms with Gasteiger partial charge in [0.25, 0.3) is 17.7 Å². The Kier molecular flexibility index (Phi) is 6.18. The molecule has 2 aliphatic heterocycles. The SMILES string of the molecule is O=C(Nc1cccc(C(=O)N2CCN(C(=O)[C@@H]3COc4ccccc4O3)CC2)c1)c1cccs1. The summed E-state index contributed by atoms with van der Waals surface area (Å²) in [5.74, 6) is 0.719. The van der Waals surface area contributed by atoms with Gasteiger partial charge in [-0.3, -0.25) is 14.4 Å². The quantitative estimate of drug-likeness (QED) is 0.624. The van der Waals surface area contributed by atoms with E-state index in [0.29, 0.717) is 53.8 Å². The molecule has 1 saturated heterocycles. The molecule has 3 amide bonds. The van der Waals surface area contributed by atoms with Gasteiger partial charge in [0.15, 0.2) is 11.5 Å². The molecule has 5 rings (SSSR count). The molecule has 0 bridgehead atoms. The van der Waals surface area contributed by atoms with E-state index in [1.807, 2.05) is 29.6 Å². The van der Waals surface area contributed by atoms with Gasteiger partial charge in [0.2, 0.25) is 6.10 Å². The number of fused-ring (bicyclic) bond motifs is 1. The van der Waals surface area contributed by atoms with Crippen LogP contribution in [0.3, 0.4) is 0 Å². The summed E-state index contributed by atoms with van der Waals surface area (Å²) < 4.78 is 11.5. The minimum Gasteiger partial charge on any atom is -0.485 e. The monoisotopic (exact) mass is 477 g/mol. The van der Waals surface area contributed by atoms with Crippen LogP contribution in [0.5, 0.6) is 11.5 Å². The molecule has 3 aromatic rings. The molecule has 0 saturated carbocycles. The van der Waals surface area contributed by atoms with Gasteiger partial charge in [-0.1, -0.05) is 24.3 Å². The van der Waals surface area contributed by atoms with Gasteiger partial charge in [-0.25, -0.2) is 0 Å². The Bertz CT molecular complexity index is 1200. The highest BCUT2D eigenvalue weighted by atomic mass is 32.1. The maximum atomic E-state index is 13.0. The summed E-state index contributed by atoms with van der Waals surface area (Å²) in [4.78, 5) is 42.3. The molecule has 34 heavy (non-hydrogen) atoms. The van der Waals surface area contributed by atoms with Crippen molar-refractivity contribution in [3.8, 4) is 11.5 Å². The van der Waals surface area contributed by atoms with Gasteiger partial charge >= 0.3 is 0 Å². The van der Waals surface area contributed by atoms with E-state index in [0.717, 1.165) is 0 Å². The zero-order valence-corrected chi connectivity index (χ0v) is 19.1. The maximum absolute atomic E-state index is 13.0. The first-order valence-corrected chi connectivity index (χ1v) is 11.9. The molecule has 3 heterocycles. The number of benzene rings is 2. The van der Waals surface area contributed by atoms with Crippen LogP contribution in [0.2, 0.25) is 0 Å². The van der Waals surface area contributed by atoms with Gasteiger partial charge in [0.05, 0.1) is 4.88 Å². The molecular formula is C25H23N3O5S. The summed E-state index contributed by atoms with van der Waals surface area (Å²) in [6.07, 6.45) is -0.694. The fourth-order valence-corrected chi connectivity index (χ4v) is 4.61. The molecule has 0 radical (unpaired) electrons. The molecule has 174 valence electrons.